The Bertz CT molecular complexity index is 1420. The molecular weight excluding hydrogens is 474 g/mol. The van der Waals surface area contributed by atoms with E-state index in [-0.39, 0.29) is 5.91 Å². The minimum Gasteiger partial charge on any atom is -0.416 e. The zero-order chi connectivity index (χ0) is 24.7. The van der Waals surface area contributed by atoms with Gasteiger partial charge in [0, 0.05) is 29.7 Å². The average Bonchev–Trinajstić information content (AvgIpc) is 3.68. The molecule has 8 nitrogen and oxygen atoms in total. The minimum absolute atomic E-state index is 0.106. The van der Waals surface area contributed by atoms with E-state index in [4.69, 9.17) is 8.94 Å². The van der Waals surface area contributed by atoms with Crippen molar-refractivity contribution in [3.05, 3.63) is 83.1 Å². The molecule has 5 rings (SSSR count). The number of aromatic nitrogens is 4. The molecule has 0 radical (unpaired) electrons. The lowest BCUT2D eigenvalue weighted by Crippen LogP contribution is -2.24. The van der Waals surface area contributed by atoms with Gasteiger partial charge in [-0.1, -0.05) is 35.8 Å². The number of carbonyl (C=O) groups is 1. The average molecular weight is 500 g/mol. The second-order valence-corrected chi connectivity index (χ2v) is 9.31. The first-order chi connectivity index (χ1) is 17.7. The monoisotopic (exact) mass is 499 g/mol. The van der Waals surface area contributed by atoms with E-state index in [1.165, 1.54) is 0 Å². The number of hydrogen-bond donors (Lipinski definition) is 1. The highest BCUT2D eigenvalue weighted by atomic mass is 32.1. The smallest absolute Gasteiger partial charge is 0.251 e. The highest BCUT2D eigenvalue weighted by Gasteiger charge is 2.13. The van der Waals surface area contributed by atoms with E-state index in [0.29, 0.717) is 35.6 Å². The highest BCUT2D eigenvalue weighted by Crippen LogP contribution is 2.26. The van der Waals surface area contributed by atoms with E-state index in [1.54, 1.807) is 23.5 Å². The molecule has 3 aromatic heterocycles. The molecule has 9 heteroatoms. The fraction of sp³-hybridized carbons (Fsp3) is 0.222. The van der Waals surface area contributed by atoms with Gasteiger partial charge < -0.3 is 14.3 Å². The van der Waals surface area contributed by atoms with Gasteiger partial charge in [-0.3, -0.25) is 4.79 Å². The number of nitrogens with one attached hydrogen (secondary N) is 1. The van der Waals surface area contributed by atoms with Crippen LogP contribution in [0, 0.1) is 6.92 Å². The number of nitrogens with zero attached hydrogens (tertiary/aromatic N) is 4. The molecule has 0 aliphatic rings. The van der Waals surface area contributed by atoms with Crippen molar-refractivity contribution in [3.8, 4) is 33.6 Å². The summed E-state index contributed by atoms with van der Waals surface area (Å²) in [6.45, 7) is 2.61. The lowest BCUT2D eigenvalue weighted by atomic mass is 10.1. The number of aryl methyl sites for hydroxylation is 2. The Morgan fingerprint density at radius 3 is 2.58 bits per heavy atom. The third-order valence-corrected chi connectivity index (χ3v) is 6.62. The molecule has 0 saturated carbocycles. The van der Waals surface area contributed by atoms with Gasteiger partial charge in [-0.05, 0) is 67.1 Å². The first-order valence-electron chi connectivity index (χ1n) is 11.8. The molecule has 0 atom stereocenters. The van der Waals surface area contributed by atoms with Crippen LogP contribution in [0.5, 0.6) is 0 Å². The van der Waals surface area contributed by atoms with Crippen molar-refractivity contribution in [2.45, 2.75) is 32.6 Å². The van der Waals surface area contributed by atoms with Crippen LogP contribution in [0.25, 0.3) is 33.6 Å². The summed E-state index contributed by atoms with van der Waals surface area (Å²) in [5.74, 6) is 2.08. The van der Waals surface area contributed by atoms with Gasteiger partial charge in [0.1, 0.15) is 0 Å². The summed E-state index contributed by atoms with van der Waals surface area (Å²) >= 11 is 1.59. The maximum Gasteiger partial charge on any atom is 0.251 e. The van der Waals surface area contributed by atoms with Crippen LogP contribution in [0.2, 0.25) is 0 Å². The zero-order valence-electron chi connectivity index (χ0n) is 19.8. The second kappa shape index (κ2) is 11.1. The van der Waals surface area contributed by atoms with Crippen LogP contribution in [0.4, 0.5) is 0 Å². The fourth-order valence-electron chi connectivity index (χ4n) is 3.77. The number of thiophene rings is 1. The Morgan fingerprint density at radius 1 is 0.944 bits per heavy atom. The molecule has 0 aliphatic carbocycles. The van der Waals surface area contributed by atoms with E-state index in [2.05, 4.69) is 25.7 Å². The SMILES string of the molecule is Cc1ccccc1-c1nnc(-c2ccc(C(=O)NCCCCCc3nc(-c4cccs4)no3)cc2)o1. The molecule has 3 heterocycles. The maximum atomic E-state index is 12.5. The summed E-state index contributed by atoms with van der Waals surface area (Å²) in [5.41, 5.74) is 3.33. The van der Waals surface area contributed by atoms with Crippen molar-refractivity contribution in [2.75, 3.05) is 6.54 Å². The number of benzene rings is 2. The summed E-state index contributed by atoms with van der Waals surface area (Å²) in [6.07, 6.45) is 3.48. The van der Waals surface area contributed by atoms with Crippen molar-refractivity contribution < 1.29 is 13.7 Å². The van der Waals surface area contributed by atoms with Crippen molar-refractivity contribution in [3.63, 3.8) is 0 Å². The van der Waals surface area contributed by atoms with Crippen molar-refractivity contribution in [1.82, 2.24) is 25.7 Å². The number of rotatable bonds is 10. The van der Waals surface area contributed by atoms with Crippen molar-refractivity contribution in [2.24, 2.45) is 0 Å². The summed E-state index contributed by atoms with van der Waals surface area (Å²) in [6, 6.07) is 19.0. The van der Waals surface area contributed by atoms with Crippen LogP contribution in [0.15, 0.2) is 75.0 Å². The Hall–Kier alpha value is -4.11. The van der Waals surface area contributed by atoms with Gasteiger partial charge >= 0.3 is 0 Å². The van der Waals surface area contributed by atoms with Crippen molar-refractivity contribution >= 4 is 17.2 Å². The molecule has 182 valence electrons. The molecule has 0 spiro atoms. The first-order valence-corrected chi connectivity index (χ1v) is 12.7. The Kier molecular flexibility index (Phi) is 7.28. The van der Waals surface area contributed by atoms with Crippen LogP contribution in [0.3, 0.4) is 0 Å². The van der Waals surface area contributed by atoms with Crippen LogP contribution in [0.1, 0.15) is 41.1 Å². The van der Waals surface area contributed by atoms with Crippen LogP contribution < -0.4 is 5.32 Å². The molecule has 1 amide bonds. The highest BCUT2D eigenvalue weighted by molar-refractivity contribution is 7.13. The van der Waals surface area contributed by atoms with E-state index in [0.717, 1.165) is 47.3 Å². The molecular formula is C27H25N5O3S. The number of unbranched alkanes of at least 4 members (excludes halogenated alkanes) is 2. The molecule has 0 unspecified atom stereocenters. The fourth-order valence-corrected chi connectivity index (χ4v) is 4.42. The largest absolute Gasteiger partial charge is 0.416 e. The van der Waals surface area contributed by atoms with Gasteiger partial charge in [-0.15, -0.1) is 21.5 Å². The Morgan fingerprint density at radius 2 is 1.78 bits per heavy atom. The van der Waals surface area contributed by atoms with Crippen molar-refractivity contribution in [1.29, 1.82) is 0 Å². The molecule has 2 aromatic carbocycles. The van der Waals surface area contributed by atoms with E-state index < -0.39 is 0 Å². The number of carbonyl (C=O) groups excluding carboxylic acids is 1. The number of hydrogen-bond acceptors (Lipinski definition) is 8. The maximum absolute atomic E-state index is 12.5. The zero-order valence-corrected chi connectivity index (χ0v) is 20.6. The molecule has 36 heavy (non-hydrogen) atoms. The Balaban J connectivity index is 1.06. The first kappa shape index (κ1) is 23.6. The summed E-state index contributed by atoms with van der Waals surface area (Å²) in [4.78, 5) is 17.9. The quantitative estimate of drug-likeness (QED) is 0.236. The predicted octanol–water partition coefficient (Wildman–Crippen LogP) is 5.97. The lowest BCUT2D eigenvalue weighted by molar-refractivity contribution is 0.0953. The standard InChI is InChI=1S/C27H25N5O3S/c1-18-8-4-5-9-21(18)27-31-30-26(34-27)20-14-12-19(13-15-20)25(33)28-16-6-2-3-11-23-29-24(32-35-23)22-10-7-17-36-22/h4-5,7-10,12-15,17H,2-3,6,11,16H2,1H3,(H,28,33). The molecule has 0 aliphatic heterocycles. The molecule has 0 saturated heterocycles. The predicted molar refractivity (Wildman–Crippen MR) is 137 cm³/mol. The van der Waals surface area contributed by atoms with E-state index in [1.807, 2.05) is 60.8 Å². The third-order valence-electron chi connectivity index (χ3n) is 5.76. The van der Waals surface area contributed by atoms with Gasteiger partial charge in [-0.2, -0.15) is 4.98 Å². The summed E-state index contributed by atoms with van der Waals surface area (Å²) in [5, 5.41) is 17.3. The molecule has 0 fully saturated rings. The van der Waals surface area contributed by atoms with E-state index in [9.17, 15) is 4.79 Å². The van der Waals surface area contributed by atoms with Crippen LogP contribution >= 0.6 is 11.3 Å². The normalized spacial score (nSPS) is 11.0. The molecule has 0 bridgehead atoms. The minimum atomic E-state index is -0.106. The Labute approximate surface area is 212 Å². The summed E-state index contributed by atoms with van der Waals surface area (Å²) < 4.78 is 11.2. The summed E-state index contributed by atoms with van der Waals surface area (Å²) in [7, 11) is 0. The van der Waals surface area contributed by atoms with Gasteiger partial charge in [-0.25, -0.2) is 0 Å². The molecule has 5 aromatic rings. The molecule has 1 N–H and O–H groups in total. The number of amides is 1. The van der Waals surface area contributed by atoms with Crippen LogP contribution in [-0.4, -0.2) is 32.8 Å². The van der Waals surface area contributed by atoms with Gasteiger partial charge in [0.25, 0.3) is 5.91 Å². The third kappa shape index (κ3) is 5.58. The topological polar surface area (TPSA) is 107 Å². The second-order valence-electron chi connectivity index (χ2n) is 8.36. The van der Waals surface area contributed by atoms with E-state index >= 15 is 0 Å². The van der Waals surface area contributed by atoms with Gasteiger partial charge in [0.05, 0.1) is 4.88 Å². The van der Waals surface area contributed by atoms with Gasteiger partial charge in [0.2, 0.25) is 23.5 Å². The van der Waals surface area contributed by atoms with Gasteiger partial charge in [0.15, 0.2) is 0 Å². The van der Waals surface area contributed by atoms with Crippen LogP contribution in [-0.2, 0) is 6.42 Å². The lowest BCUT2D eigenvalue weighted by Gasteiger charge is -2.05.